The fourth-order valence-electron chi connectivity index (χ4n) is 1.23. The maximum Gasteiger partial charge on any atom is 0.0798 e. The molecule has 0 saturated heterocycles. The van der Waals surface area contributed by atoms with E-state index in [0.29, 0.717) is 0 Å². The van der Waals surface area contributed by atoms with Crippen LogP contribution in [0.3, 0.4) is 0 Å². The third kappa shape index (κ3) is 5.27. The zero-order valence-corrected chi connectivity index (χ0v) is 12.8. The van der Waals surface area contributed by atoms with Crippen molar-refractivity contribution in [3.8, 4) is 0 Å². The molecule has 84 valence electrons. The van der Waals surface area contributed by atoms with Gasteiger partial charge in [0.05, 0.1) is 7.57 Å². The molecule has 1 nitrogen and oxygen atoms in total. The fourth-order valence-corrected chi connectivity index (χ4v) is 3.94. The van der Waals surface area contributed by atoms with E-state index in [9.17, 15) is 0 Å². The fraction of sp³-hybridized carbons (Fsp3) is 0.545. The first-order valence-electron chi connectivity index (χ1n) is 5.18. The Morgan fingerprint density at radius 2 is 2.13 bits per heavy atom. The number of hydrogen-bond donors (Lipinski definition) is 0. The van der Waals surface area contributed by atoms with Gasteiger partial charge in [0.1, 0.15) is 0 Å². The summed E-state index contributed by atoms with van der Waals surface area (Å²) in [6.45, 7) is 3.17. The highest BCUT2D eigenvalue weighted by Gasteiger charge is 2.01. The van der Waals surface area contributed by atoms with Crippen molar-refractivity contribution in [3.05, 3.63) is 19.2 Å². The summed E-state index contributed by atoms with van der Waals surface area (Å²) in [5, 5.41) is 0. The van der Waals surface area contributed by atoms with Gasteiger partial charge in [0.25, 0.3) is 0 Å². The monoisotopic (exact) mass is 351 g/mol. The minimum Gasteiger partial charge on any atom is -0.292 e. The number of halogens is 2. The van der Waals surface area contributed by atoms with Crippen LogP contribution >= 0.6 is 43.2 Å². The van der Waals surface area contributed by atoms with Gasteiger partial charge in [-0.15, -0.1) is 11.3 Å². The lowest BCUT2D eigenvalue weighted by atomic mass is 10.2. The molecular weight excluding hydrogens is 338 g/mol. The molecule has 0 amide bonds. The molecule has 0 fully saturated rings. The summed E-state index contributed by atoms with van der Waals surface area (Å²) in [6, 6.07) is 2.09. The molecule has 15 heavy (non-hydrogen) atoms. The van der Waals surface area contributed by atoms with E-state index in [-0.39, 0.29) is 0 Å². The standard InChI is InChI=1S/C11H15Br2NS/c1-2-3-4-5-6-14-8-9-7-10(12)15-11(9)13/h7-8H,2-6H2,1H3. The first-order valence-corrected chi connectivity index (χ1v) is 7.59. The van der Waals surface area contributed by atoms with Gasteiger partial charge >= 0.3 is 0 Å². The Labute approximate surface area is 112 Å². The number of hydrogen-bond acceptors (Lipinski definition) is 2. The summed E-state index contributed by atoms with van der Waals surface area (Å²) in [6.07, 6.45) is 7.06. The molecule has 0 radical (unpaired) electrons. The van der Waals surface area contributed by atoms with Crippen LogP contribution in [-0.2, 0) is 0 Å². The highest BCUT2D eigenvalue weighted by molar-refractivity contribution is 9.12. The lowest BCUT2D eigenvalue weighted by Crippen LogP contribution is -1.84. The van der Waals surface area contributed by atoms with Crippen molar-refractivity contribution in [2.45, 2.75) is 32.6 Å². The molecule has 0 aliphatic rings. The van der Waals surface area contributed by atoms with Gasteiger partial charge in [0, 0.05) is 18.3 Å². The van der Waals surface area contributed by atoms with Gasteiger partial charge in [-0.25, -0.2) is 0 Å². The Kier molecular flexibility index (Phi) is 6.77. The molecule has 0 aromatic carbocycles. The highest BCUT2D eigenvalue weighted by Crippen LogP contribution is 2.30. The summed E-state index contributed by atoms with van der Waals surface area (Å²) in [4.78, 5) is 4.42. The van der Waals surface area contributed by atoms with Gasteiger partial charge in [-0.3, -0.25) is 4.99 Å². The second-order valence-electron chi connectivity index (χ2n) is 3.38. The Morgan fingerprint density at radius 3 is 2.73 bits per heavy atom. The summed E-state index contributed by atoms with van der Waals surface area (Å²) < 4.78 is 2.29. The van der Waals surface area contributed by atoms with E-state index >= 15 is 0 Å². The van der Waals surface area contributed by atoms with Crippen LogP contribution in [0.2, 0.25) is 0 Å². The van der Waals surface area contributed by atoms with Crippen molar-refractivity contribution in [1.82, 2.24) is 0 Å². The molecule has 0 unspecified atom stereocenters. The second kappa shape index (κ2) is 7.58. The van der Waals surface area contributed by atoms with Gasteiger partial charge < -0.3 is 0 Å². The molecule has 1 aromatic heterocycles. The third-order valence-corrected chi connectivity index (χ3v) is 4.44. The van der Waals surface area contributed by atoms with Gasteiger partial charge in [-0.1, -0.05) is 26.2 Å². The zero-order valence-electron chi connectivity index (χ0n) is 8.80. The van der Waals surface area contributed by atoms with Crippen LogP contribution in [-0.4, -0.2) is 12.8 Å². The van der Waals surface area contributed by atoms with E-state index in [1.54, 1.807) is 11.3 Å². The number of rotatable bonds is 6. The number of aliphatic imine (C=N–C) groups is 1. The van der Waals surface area contributed by atoms with Crippen molar-refractivity contribution in [3.63, 3.8) is 0 Å². The van der Waals surface area contributed by atoms with Gasteiger partial charge in [0.15, 0.2) is 0 Å². The Hall–Kier alpha value is 0.330. The molecule has 0 aliphatic heterocycles. The van der Waals surface area contributed by atoms with Gasteiger partial charge in [0.2, 0.25) is 0 Å². The molecular formula is C11H15Br2NS. The minimum absolute atomic E-state index is 0.944. The van der Waals surface area contributed by atoms with Crippen LogP contribution in [0.5, 0.6) is 0 Å². The molecule has 0 atom stereocenters. The van der Waals surface area contributed by atoms with E-state index in [0.717, 1.165) is 14.1 Å². The van der Waals surface area contributed by atoms with Gasteiger partial charge in [-0.05, 0) is 44.3 Å². The normalized spacial score (nSPS) is 11.4. The van der Waals surface area contributed by atoms with Crippen LogP contribution in [0.15, 0.2) is 18.6 Å². The number of unbranched alkanes of at least 4 members (excludes halogenated alkanes) is 3. The molecule has 4 heteroatoms. The Balaban J connectivity index is 2.28. The molecule has 0 bridgehead atoms. The lowest BCUT2D eigenvalue weighted by molar-refractivity contribution is 0.676. The average molecular weight is 353 g/mol. The van der Waals surface area contributed by atoms with Gasteiger partial charge in [-0.2, -0.15) is 0 Å². The second-order valence-corrected chi connectivity index (χ2v) is 7.12. The van der Waals surface area contributed by atoms with Crippen LogP contribution in [0.4, 0.5) is 0 Å². The largest absolute Gasteiger partial charge is 0.292 e. The third-order valence-electron chi connectivity index (χ3n) is 2.05. The van der Waals surface area contributed by atoms with Crippen molar-refractivity contribution in [2.24, 2.45) is 4.99 Å². The van der Waals surface area contributed by atoms with Crippen LogP contribution in [0, 0.1) is 0 Å². The molecule has 0 aliphatic carbocycles. The Bertz CT molecular complexity index is 320. The Morgan fingerprint density at radius 1 is 1.33 bits per heavy atom. The minimum atomic E-state index is 0.944. The summed E-state index contributed by atoms with van der Waals surface area (Å²) in [7, 11) is 0. The molecule has 0 N–H and O–H groups in total. The first-order chi connectivity index (χ1) is 7.24. The molecule has 1 rings (SSSR count). The lowest BCUT2D eigenvalue weighted by Gasteiger charge is -1.94. The van der Waals surface area contributed by atoms with E-state index < -0.39 is 0 Å². The molecule has 1 heterocycles. The number of thiophene rings is 1. The quantitative estimate of drug-likeness (QED) is 0.488. The van der Waals surface area contributed by atoms with Crippen molar-refractivity contribution in [2.75, 3.05) is 6.54 Å². The average Bonchev–Trinajstić information content (AvgIpc) is 2.51. The smallest absolute Gasteiger partial charge is 0.0798 e. The summed E-state index contributed by atoms with van der Waals surface area (Å²) in [5.74, 6) is 0. The highest BCUT2D eigenvalue weighted by atomic mass is 79.9. The van der Waals surface area contributed by atoms with Crippen molar-refractivity contribution in [1.29, 1.82) is 0 Å². The molecule has 0 spiro atoms. The van der Waals surface area contributed by atoms with Crippen molar-refractivity contribution < 1.29 is 0 Å². The van der Waals surface area contributed by atoms with Crippen LogP contribution < -0.4 is 0 Å². The maximum absolute atomic E-state index is 4.42. The zero-order chi connectivity index (χ0) is 11.1. The predicted octanol–water partition coefficient (Wildman–Crippen LogP) is 5.27. The van der Waals surface area contributed by atoms with Crippen molar-refractivity contribution >= 4 is 49.4 Å². The molecule has 0 saturated carbocycles. The van der Waals surface area contributed by atoms with E-state index in [1.807, 2.05) is 6.21 Å². The van der Waals surface area contributed by atoms with E-state index in [1.165, 1.54) is 31.2 Å². The van der Waals surface area contributed by atoms with Crippen LogP contribution in [0.25, 0.3) is 0 Å². The summed E-state index contributed by atoms with van der Waals surface area (Å²) >= 11 is 8.64. The summed E-state index contributed by atoms with van der Waals surface area (Å²) in [5.41, 5.74) is 1.17. The SMILES string of the molecule is CCCCCCN=Cc1cc(Br)sc1Br. The maximum atomic E-state index is 4.42. The number of nitrogens with zero attached hydrogens (tertiary/aromatic N) is 1. The van der Waals surface area contributed by atoms with Crippen LogP contribution in [0.1, 0.15) is 38.2 Å². The van der Waals surface area contributed by atoms with E-state index in [2.05, 4.69) is 49.8 Å². The predicted molar refractivity (Wildman–Crippen MR) is 76.3 cm³/mol. The van der Waals surface area contributed by atoms with E-state index in [4.69, 9.17) is 0 Å². The topological polar surface area (TPSA) is 12.4 Å². The molecule has 1 aromatic rings. The first kappa shape index (κ1) is 13.4.